The van der Waals surface area contributed by atoms with E-state index in [-0.39, 0.29) is 12.1 Å². The summed E-state index contributed by atoms with van der Waals surface area (Å²) < 4.78 is 11.8. The van der Waals surface area contributed by atoms with E-state index in [4.69, 9.17) is 15.3 Å². The monoisotopic (exact) mass is 302 g/mol. The van der Waals surface area contributed by atoms with Gasteiger partial charge in [-0.05, 0) is 37.6 Å². The van der Waals surface area contributed by atoms with E-state index in [9.17, 15) is 0 Å². The van der Waals surface area contributed by atoms with E-state index < -0.39 is 0 Å². The second kappa shape index (κ2) is 6.96. The molecule has 0 heterocycles. The predicted octanol–water partition coefficient (Wildman–Crippen LogP) is 2.39. The third-order valence-corrected chi connectivity index (χ3v) is 3.10. The van der Waals surface area contributed by atoms with Gasteiger partial charge in [-0.3, -0.25) is 11.3 Å². The van der Waals surface area contributed by atoms with Crippen LogP contribution in [0.25, 0.3) is 0 Å². The zero-order valence-electron chi connectivity index (χ0n) is 10.4. The minimum Gasteiger partial charge on any atom is -0.497 e. The Labute approximate surface area is 111 Å². The number of ether oxygens (including phenoxy) is 2. The van der Waals surface area contributed by atoms with Gasteiger partial charge in [-0.1, -0.05) is 15.9 Å². The van der Waals surface area contributed by atoms with Crippen molar-refractivity contribution >= 4 is 15.9 Å². The van der Waals surface area contributed by atoms with Crippen molar-refractivity contribution in [3.63, 3.8) is 0 Å². The first-order valence-electron chi connectivity index (χ1n) is 5.49. The second-order valence-electron chi connectivity index (χ2n) is 3.99. The lowest BCUT2D eigenvalue weighted by atomic mass is 10.1. The van der Waals surface area contributed by atoms with Gasteiger partial charge in [0.2, 0.25) is 0 Å². The van der Waals surface area contributed by atoms with E-state index >= 15 is 0 Å². The van der Waals surface area contributed by atoms with Crippen LogP contribution in [0.5, 0.6) is 5.75 Å². The Morgan fingerprint density at radius 2 is 2.12 bits per heavy atom. The Kier molecular flexibility index (Phi) is 5.91. The maximum atomic E-state index is 5.57. The first kappa shape index (κ1) is 14.4. The zero-order valence-corrected chi connectivity index (χ0v) is 12.0. The maximum Gasteiger partial charge on any atom is 0.119 e. The minimum atomic E-state index is -0.0677. The van der Waals surface area contributed by atoms with Crippen LogP contribution in [-0.2, 0) is 4.74 Å². The van der Waals surface area contributed by atoms with Crippen molar-refractivity contribution in [2.24, 2.45) is 5.84 Å². The van der Waals surface area contributed by atoms with Crippen molar-refractivity contribution in [1.29, 1.82) is 0 Å². The molecule has 1 rings (SSSR count). The number of rotatable bonds is 6. The fourth-order valence-corrected chi connectivity index (χ4v) is 1.96. The number of hydrogen-bond donors (Lipinski definition) is 2. The molecule has 5 heteroatoms. The number of halogens is 1. The molecule has 0 radical (unpaired) electrons. The summed E-state index contributed by atoms with van der Waals surface area (Å²) in [6.07, 6.45) is 0.176. The molecule has 0 spiro atoms. The van der Waals surface area contributed by atoms with Gasteiger partial charge in [0, 0.05) is 4.47 Å². The Morgan fingerprint density at radius 1 is 1.41 bits per heavy atom. The van der Waals surface area contributed by atoms with Crippen molar-refractivity contribution < 1.29 is 9.47 Å². The van der Waals surface area contributed by atoms with Gasteiger partial charge in [0.25, 0.3) is 0 Å². The molecule has 1 atom stereocenters. The van der Waals surface area contributed by atoms with Gasteiger partial charge in [0.15, 0.2) is 0 Å². The van der Waals surface area contributed by atoms with Crippen molar-refractivity contribution in [2.45, 2.75) is 26.0 Å². The highest BCUT2D eigenvalue weighted by Crippen LogP contribution is 2.27. The Hall–Kier alpha value is -0.620. The first-order chi connectivity index (χ1) is 8.08. The Balaban J connectivity index is 2.86. The van der Waals surface area contributed by atoms with Crippen LogP contribution < -0.4 is 16.0 Å². The van der Waals surface area contributed by atoms with Gasteiger partial charge >= 0.3 is 0 Å². The fraction of sp³-hybridized carbons (Fsp3) is 0.500. The molecule has 0 aliphatic rings. The molecule has 1 aromatic carbocycles. The summed E-state index contributed by atoms with van der Waals surface area (Å²) in [4.78, 5) is 0. The Bertz CT molecular complexity index is 358. The summed E-state index contributed by atoms with van der Waals surface area (Å²) in [5.74, 6) is 6.36. The highest BCUT2D eigenvalue weighted by molar-refractivity contribution is 9.10. The number of nitrogens with two attached hydrogens (primary N) is 1. The van der Waals surface area contributed by atoms with Crippen LogP contribution in [0.3, 0.4) is 0 Å². The van der Waals surface area contributed by atoms with Crippen LogP contribution in [0.15, 0.2) is 22.7 Å². The van der Waals surface area contributed by atoms with Crippen molar-refractivity contribution in [1.82, 2.24) is 5.43 Å². The maximum absolute atomic E-state index is 5.57. The van der Waals surface area contributed by atoms with Crippen LogP contribution in [0.4, 0.5) is 0 Å². The molecule has 1 unspecified atom stereocenters. The lowest BCUT2D eigenvalue weighted by Gasteiger charge is -2.20. The minimum absolute atomic E-state index is 0.0677. The van der Waals surface area contributed by atoms with Crippen molar-refractivity contribution in [3.05, 3.63) is 28.2 Å². The van der Waals surface area contributed by atoms with Crippen molar-refractivity contribution in [2.75, 3.05) is 13.7 Å². The zero-order chi connectivity index (χ0) is 12.8. The average Bonchev–Trinajstić information content (AvgIpc) is 2.31. The van der Waals surface area contributed by atoms with E-state index in [1.54, 1.807) is 7.11 Å². The molecule has 4 nitrogen and oxygen atoms in total. The van der Waals surface area contributed by atoms with Crippen LogP contribution in [0.1, 0.15) is 25.5 Å². The van der Waals surface area contributed by atoms with Gasteiger partial charge in [-0.15, -0.1) is 0 Å². The Morgan fingerprint density at radius 3 is 2.65 bits per heavy atom. The van der Waals surface area contributed by atoms with E-state index in [1.165, 1.54) is 0 Å². The molecule has 96 valence electrons. The normalized spacial score (nSPS) is 12.8. The SMILES string of the molecule is COc1ccc(Br)c(C(COC(C)C)NN)c1. The van der Waals surface area contributed by atoms with E-state index in [0.29, 0.717) is 6.61 Å². The number of hydrogen-bond acceptors (Lipinski definition) is 4. The molecule has 17 heavy (non-hydrogen) atoms. The molecule has 0 amide bonds. The molecule has 0 aromatic heterocycles. The molecule has 0 aliphatic heterocycles. The smallest absolute Gasteiger partial charge is 0.119 e. The number of hydrazine groups is 1. The fourth-order valence-electron chi connectivity index (χ4n) is 1.43. The van der Waals surface area contributed by atoms with E-state index in [2.05, 4.69) is 21.4 Å². The molecular weight excluding hydrogens is 284 g/mol. The standard InChI is InChI=1S/C12H19BrN2O2/c1-8(2)17-7-12(15-14)10-6-9(16-3)4-5-11(10)13/h4-6,8,12,15H,7,14H2,1-3H3. The van der Waals surface area contributed by atoms with Gasteiger partial charge in [-0.2, -0.15) is 0 Å². The number of benzene rings is 1. The summed E-state index contributed by atoms with van der Waals surface area (Å²) in [7, 11) is 1.64. The van der Waals surface area contributed by atoms with Gasteiger partial charge < -0.3 is 9.47 Å². The van der Waals surface area contributed by atoms with Crippen LogP contribution >= 0.6 is 15.9 Å². The first-order valence-corrected chi connectivity index (χ1v) is 6.29. The largest absolute Gasteiger partial charge is 0.497 e. The van der Waals surface area contributed by atoms with Crippen LogP contribution in [0, 0.1) is 0 Å². The quantitative estimate of drug-likeness (QED) is 0.626. The van der Waals surface area contributed by atoms with Gasteiger partial charge in [0.05, 0.1) is 25.9 Å². The third-order valence-electron chi connectivity index (χ3n) is 2.38. The lowest BCUT2D eigenvalue weighted by Crippen LogP contribution is -2.32. The lowest BCUT2D eigenvalue weighted by molar-refractivity contribution is 0.0610. The van der Waals surface area contributed by atoms with Crippen LogP contribution in [0.2, 0.25) is 0 Å². The third kappa shape index (κ3) is 4.27. The van der Waals surface area contributed by atoms with Crippen LogP contribution in [-0.4, -0.2) is 19.8 Å². The molecule has 3 N–H and O–H groups in total. The highest BCUT2D eigenvalue weighted by atomic mass is 79.9. The summed E-state index contributed by atoms with van der Waals surface area (Å²) in [5.41, 5.74) is 3.78. The average molecular weight is 303 g/mol. The summed E-state index contributed by atoms with van der Waals surface area (Å²) in [6, 6.07) is 5.71. The highest BCUT2D eigenvalue weighted by Gasteiger charge is 2.15. The number of nitrogens with one attached hydrogen (secondary N) is 1. The topological polar surface area (TPSA) is 56.5 Å². The molecule has 0 saturated carbocycles. The predicted molar refractivity (Wildman–Crippen MR) is 71.8 cm³/mol. The molecular formula is C12H19BrN2O2. The second-order valence-corrected chi connectivity index (χ2v) is 4.84. The van der Waals surface area contributed by atoms with E-state index in [0.717, 1.165) is 15.8 Å². The molecule has 0 saturated heterocycles. The summed E-state index contributed by atoms with van der Waals surface area (Å²) in [6.45, 7) is 4.50. The number of methoxy groups -OCH3 is 1. The van der Waals surface area contributed by atoms with E-state index in [1.807, 2.05) is 32.0 Å². The summed E-state index contributed by atoms with van der Waals surface area (Å²) in [5, 5.41) is 0. The summed E-state index contributed by atoms with van der Waals surface area (Å²) >= 11 is 3.50. The molecule has 0 fully saturated rings. The molecule has 0 aliphatic carbocycles. The van der Waals surface area contributed by atoms with Crippen molar-refractivity contribution in [3.8, 4) is 5.75 Å². The van der Waals surface area contributed by atoms with Gasteiger partial charge in [0.1, 0.15) is 5.75 Å². The molecule has 1 aromatic rings. The molecule has 0 bridgehead atoms. The van der Waals surface area contributed by atoms with Gasteiger partial charge in [-0.25, -0.2) is 0 Å².